The van der Waals surface area contributed by atoms with E-state index in [1.165, 1.54) is 37.8 Å². The lowest BCUT2D eigenvalue weighted by Gasteiger charge is -2.50. The highest BCUT2D eigenvalue weighted by molar-refractivity contribution is 6.30. The van der Waals surface area contributed by atoms with Gasteiger partial charge < -0.3 is 4.74 Å². The Bertz CT molecular complexity index is 596. The van der Waals surface area contributed by atoms with Crippen LogP contribution in [0.1, 0.15) is 32.1 Å². The molecule has 0 aromatic heterocycles. The van der Waals surface area contributed by atoms with E-state index in [9.17, 15) is 4.79 Å². The number of hydrogen-bond acceptors (Lipinski definition) is 3. The first-order chi connectivity index (χ1) is 11.2. The summed E-state index contributed by atoms with van der Waals surface area (Å²) in [4.78, 5) is 11.9. The van der Waals surface area contributed by atoms with E-state index in [-0.39, 0.29) is 12.5 Å². The molecule has 1 N–H and O–H groups in total. The molecule has 1 aromatic carbocycles. The Kier molecular flexibility index (Phi) is 4.02. The van der Waals surface area contributed by atoms with Crippen LogP contribution in [0.2, 0.25) is 5.02 Å². The number of nitrogens with one attached hydrogen (secondary N) is 1. The van der Waals surface area contributed by atoms with Crippen LogP contribution in [0.5, 0.6) is 5.75 Å². The van der Waals surface area contributed by atoms with Gasteiger partial charge in [-0.2, -0.15) is 5.10 Å². The minimum Gasteiger partial charge on any atom is -0.484 e. The van der Waals surface area contributed by atoms with E-state index < -0.39 is 0 Å². The van der Waals surface area contributed by atoms with Gasteiger partial charge in [-0.15, -0.1) is 0 Å². The molecule has 0 radical (unpaired) electrons. The summed E-state index contributed by atoms with van der Waals surface area (Å²) in [6.45, 7) is -0.0288. The quantitative estimate of drug-likeness (QED) is 0.856. The summed E-state index contributed by atoms with van der Waals surface area (Å²) < 4.78 is 5.44. The van der Waals surface area contributed by atoms with Crippen LogP contribution in [0.4, 0.5) is 0 Å². The molecule has 1 aromatic rings. The number of carbonyl (C=O) groups is 1. The summed E-state index contributed by atoms with van der Waals surface area (Å²) in [5.41, 5.74) is 3.92. The molecule has 4 bridgehead atoms. The first-order valence-electron chi connectivity index (χ1n) is 8.42. The summed E-state index contributed by atoms with van der Waals surface area (Å²) in [6.07, 6.45) is 6.49. The van der Waals surface area contributed by atoms with E-state index in [4.69, 9.17) is 16.3 Å². The summed E-state index contributed by atoms with van der Waals surface area (Å²) in [7, 11) is 0. The molecule has 1 amide bonds. The number of nitrogens with zero attached hydrogens (tertiary/aromatic N) is 1. The first-order valence-corrected chi connectivity index (χ1v) is 8.80. The molecule has 122 valence electrons. The fourth-order valence-electron chi connectivity index (χ4n) is 4.69. The van der Waals surface area contributed by atoms with Crippen molar-refractivity contribution in [2.24, 2.45) is 28.8 Å². The first kappa shape index (κ1) is 15.0. The Labute approximate surface area is 141 Å². The Balaban J connectivity index is 1.31. The topological polar surface area (TPSA) is 50.7 Å². The predicted molar refractivity (Wildman–Crippen MR) is 89.6 cm³/mol. The van der Waals surface area contributed by atoms with Gasteiger partial charge in [0.2, 0.25) is 0 Å². The maximum absolute atomic E-state index is 11.9. The third-order valence-electron chi connectivity index (χ3n) is 5.47. The largest absolute Gasteiger partial charge is 0.484 e. The van der Waals surface area contributed by atoms with Crippen LogP contribution >= 0.6 is 11.6 Å². The third kappa shape index (κ3) is 3.23. The molecule has 0 atom stereocenters. The predicted octanol–water partition coefficient (Wildman–Crippen LogP) is 3.65. The zero-order chi connectivity index (χ0) is 15.8. The number of hydrazone groups is 1. The Morgan fingerprint density at radius 1 is 1.09 bits per heavy atom. The molecular formula is C18H21ClN2O2. The average Bonchev–Trinajstić information content (AvgIpc) is 2.53. The molecule has 0 aliphatic heterocycles. The van der Waals surface area contributed by atoms with Gasteiger partial charge in [0.25, 0.3) is 5.91 Å². The average molecular weight is 333 g/mol. The van der Waals surface area contributed by atoms with E-state index >= 15 is 0 Å². The summed E-state index contributed by atoms with van der Waals surface area (Å²) >= 11 is 5.82. The number of benzene rings is 1. The number of rotatable bonds is 4. The number of amides is 1. The van der Waals surface area contributed by atoms with Crippen LogP contribution < -0.4 is 10.2 Å². The minimum absolute atomic E-state index is 0.0288. The molecule has 4 aliphatic carbocycles. The van der Waals surface area contributed by atoms with Crippen LogP contribution in [-0.2, 0) is 4.79 Å². The lowest BCUT2D eigenvalue weighted by Crippen LogP contribution is -2.46. The Hall–Kier alpha value is -1.55. The van der Waals surface area contributed by atoms with E-state index in [0.29, 0.717) is 22.6 Å². The molecule has 23 heavy (non-hydrogen) atoms. The fraction of sp³-hybridized carbons (Fsp3) is 0.556. The molecule has 4 nitrogen and oxygen atoms in total. The maximum atomic E-state index is 11.9. The normalized spacial score (nSPS) is 31.1. The summed E-state index contributed by atoms with van der Waals surface area (Å²) in [5, 5.41) is 5.11. The molecule has 4 saturated carbocycles. The van der Waals surface area contributed by atoms with Gasteiger partial charge in [-0.05, 0) is 80.0 Å². The van der Waals surface area contributed by atoms with Gasteiger partial charge in [0, 0.05) is 10.7 Å². The fourth-order valence-corrected chi connectivity index (χ4v) is 4.81. The molecule has 0 spiro atoms. The smallest absolute Gasteiger partial charge is 0.277 e. The van der Waals surface area contributed by atoms with Gasteiger partial charge in [0.05, 0.1) is 0 Å². The lowest BCUT2D eigenvalue weighted by atomic mass is 9.55. The monoisotopic (exact) mass is 332 g/mol. The lowest BCUT2D eigenvalue weighted by molar-refractivity contribution is -0.123. The van der Waals surface area contributed by atoms with Crippen molar-refractivity contribution >= 4 is 23.2 Å². The molecule has 5 rings (SSSR count). The third-order valence-corrected chi connectivity index (χ3v) is 5.72. The van der Waals surface area contributed by atoms with Gasteiger partial charge in [-0.25, -0.2) is 5.43 Å². The highest BCUT2D eigenvalue weighted by atomic mass is 35.5. The highest BCUT2D eigenvalue weighted by Gasteiger charge is 2.46. The van der Waals surface area contributed by atoms with E-state index in [1.54, 1.807) is 24.3 Å². The standard InChI is InChI=1S/C18H21ClN2O2/c19-15-1-3-16(4-2-15)23-10-17(22)20-21-18-13-6-11-5-12(8-13)9-14(18)7-11/h1-4,11-14H,5-10H2,(H,20,22). The second kappa shape index (κ2) is 6.16. The van der Waals surface area contributed by atoms with Crippen molar-refractivity contribution in [3.63, 3.8) is 0 Å². The zero-order valence-corrected chi connectivity index (χ0v) is 13.8. The van der Waals surface area contributed by atoms with Gasteiger partial charge in [0.1, 0.15) is 5.75 Å². The van der Waals surface area contributed by atoms with E-state index in [1.807, 2.05) is 0 Å². The van der Waals surface area contributed by atoms with Crippen molar-refractivity contribution in [2.45, 2.75) is 32.1 Å². The molecule has 4 fully saturated rings. The maximum Gasteiger partial charge on any atom is 0.277 e. The molecule has 5 heteroatoms. The van der Waals surface area contributed by atoms with Crippen LogP contribution in [-0.4, -0.2) is 18.2 Å². The minimum atomic E-state index is -0.207. The number of ether oxygens (including phenoxy) is 1. The second-order valence-electron chi connectivity index (χ2n) is 7.12. The zero-order valence-electron chi connectivity index (χ0n) is 13.0. The highest BCUT2D eigenvalue weighted by Crippen LogP contribution is 2.52. The van der Waals surface area contributed by atoms with Crippen molar-refractivity contribution in [1.82, 2.24) is 5.43 Å². The Morgan fingerprint density at radius 2 is 1.70 bits per heavy atom. The van der Waals surface area contributed by atoms with Gasteiger partial charge >= 0.3 is 0 Å². The summed E-state index contributed by atoms with van der Waals surface area (Å²) in [5.74, 6) is 3.43. The Morgan fingerprint density at radius 3 is 2.30 bits per heavy atom. The van der Waals surface area contributed by atoms with Crippen LogP contribution in [0, 0.1) is 23.7 Å². The van der Waals surface area contributed by atoms with Crippen molar-refractivity contribution < 1.29 is 9.53 Å². The van der Waals surface area contributed by atoms with Gasteiger partial charge in [-0.3, -0.25) is 4.79 Å². The summed E-state index contributed by atoms with van der Waals surface area (Å²) in [6, 6.07) is 6.98. The van der Waals surface area contributed by atoms with E-state index in [2.05, 4.69) is 10.5 Å². The van der Waals surface area contributed by atoms with Crippen molar-refractivity contribution in [2.75, 3.05) is 6.61 Å². The number of halogens is 1. The molecule has 4 aliphatic rings. The van der Waals surface area contributed by atoms with Gasteiger partial charge in [-0.1, -0.05) is 11.6 Å². The van der Waals surface area contributed by atoms with Crippen LogP contribution in [0.15, 0.2) is 29.4 Å². The number of hydrogen-bond donors (Lipinski definition) is 1. The van der Waals surface area contributed by atoms with Crippen LogP contribution in [0.25, 0.3) is 0 Å². The van der Waals surface area contributed by atoms with Crippen molar-refractivity contribution in [3.8, 4) is 5.75 Å². The van der Waals surface area contributed by atoms with Crippen molar-refractivity contribution in [1.29, 1.82) is 0 Å². The van der Waals surface area contributed by atoms with Crippen molar-refractivity contribution in [3.05, 3.63) is 29.3 Å². The molecular weight excluding hydrogens is 312 g/mol. The molecule has 0 unspecified atom stereocenters. The molecule has 0 saturated heterocycles. The SMILES string of the molecule is O=C(COc1ccc(Cl)cc1)NN=C1C2CC3CC(C2)CC1C3. The van der Waals surface area contributed by atoms with Gasteiger partial charge in [0.15, 0.2) is 6.61 Å². The second-order valence-corrected chi connectivity index (χ2v) is 7.56. The number of carbonyl (C=O) groups excluding carboxylic acids is 1. The molecule has 0 heterocycles. The van der Waals surface area contributed by atoms with E-state index in [0.717, 1.165) is 11.8 Å². The van der Waals surface area contributed by atoms with Crippen LogP contribution in [0.3, 0.4) is 0 Å².